The summed E-state index contributed by atoms with van der Waals surface area (Å²) in [6.07, 6.45) is 7.26. The standard InChI is InChI=1S/C12H21N3O/c1-15-7-6-14-12(15)2-5-13-10-11-3-8-16-9-4-11/h6-7,11,13H,2-5,8-10H2,1H3. The van der Waals surface area contributed by atoms with Crippen LogP contribution in [0.4, 0.5) is 0 Å². The molecule has 0 aromatic carbocycles. The van der Waals surface area contributed by atoms with E-state index in [0.29, 0.717) is 0 Å². The summed E-state index contributed by atoms with van der Waals surface area (Å²) in [6.45, 7) is 4.01. The summed E-state index contributed by atoms with van der Waals surface area (Å²) in [7, 11) is 2.04. The van der Waals surface area contributed by atoms with Gasteiger partial charge >= 0.3 is 0 Å². The Labute approximate surface area is 97.0 Å². The highest BCUT2D eigenvalue weighted by atomic mass is 16.5. The van der Waals surface area contributed by atoms with E-state index >= 15 is 0 Å². The van der Waals surface area contributed by atoms with Crippen LogP contribution in [0.1, 0.15) is 18.7 Å². The van der Waals surface area contributed by atoms with Crippen molar-refractivity contribution in [2.45, 2.75) is 19.3 Å². The van der Waals surface area contributed by atoms with E-state index in [0.717, 1.165) is 44.5 Å². The van der Waals surface area contributed by atoms with Gasteiger partial charge in [0.05, 0.1) is 0 Å². The van der Waals surface area contributed by atoms with Crippen LogP contribution in [0, 0.1) is 5.92 Å². The van der Waals surface area contributed by atoms with Crippen molar-refractivity contribution >= 4 is 0 Å². The van der Waals surface area contributed by atoms with E-state index in [-0.39, 0.29) is 0 Å². The molecule has 1 aliphatic heterocycles. The lowest BCUT2D eigenvalue weighted by Gasteiger charge is -2.22. The maximum Gasteiger partial charge on any atom is 0.109 e. The molecule has 0 aliphatic carbocycles. The molecule has 2 heterocycles. The van der Waals surface area contributed by atoms with Gasteiger partial charge in [-0.3, -0.25) is 0 Å². The maximum absolute atomic E-state index is 5.34. The number of aromatic nitrogens is 2. The minimum absolute atomic E-state index is 0.801. The summed E-state index contributed by atoms with van der Waals surface area (Å²) >= 11 is 0. The van der Waals surface area contributed by atoms with Crippen molar-refractivity contribution in [2.24, 2.45) is 13.0 Å². The molecule has 4 nitrogen and oxygen atoms in total. The Morgan fingerprint density at radius 1 is 1.50 bits per heavy atom. The van der Waals surface area contributed by atoms with Crippen molar-refractivity contribution in [2.75, 3.05) is 26.3 Å². The van der Waals surface area contributed by atoms with E-state index in [9.17, 15) is 0 Å². The van der Waals surface area contributed by atoms with E-state index in [1.807, 2.05) is 19.4 Å². The van der Waals surface area contributed by atoms with Crippen LogP contribution in [0.5, 0.6) is 0 Å². The number of hydrogen-bond donors (Lipinski definition) is 1. The monoisotopic (exact) mass is 223 g/mol. The second-order valence-electron chi connectivity index (χ2n) is 4.46. The molecule has 1 saturated heterocycles. The molecule has 1 N–H and O–H groups in total. The normalized spacial score (nSPS) is 17.8. The Balaban J connectivity index is 1.59. The molecule has 0 atom stereocenters. The maximum atomic E-state index is 5.34. The van der Waals surface area contributed by atoms with Crippen molar-refractivity contribution in [3.8, 4) is 0 Å². The van der Waals surface area contributed by atoms with Crippen LogP contribution >= 0.6 is 0 Å². The van der Waals surface area contributed by atoms with Gasteiger partial charge in [0.15, 0.2) is 0 Å². The van der Waals surface area contributed by atoms with Crippen molar-refractivity contribution in [1.82, 2.24) is 14.9 Å². The molecule has 1 aliphatic rings. The summed E-state index contributed by atoms with van der Waals surface area (Å²) in [5.41, 5.74) is 0. The highest BCUT2D eigenvalue weighted by Crippen LogP contribution is 2.12. The van der Waals surface area contributed by atoms with Crippen LogP contribution in [0.3, 0.4) is 0 Å². The highest BCUT2D eigenvalue weighted by molar-refractivity contribution is 4.91. The van der Waals surface area contributed by atoms with Gasteiger partial charge in [-0.2, -0.15) is 0 Å². The second kappa shape index (κ2) is 6.01. The predicted octanol–water partition coefficient (Wildman–Crippen LogP) is 0.979. The van der Waals surface area contributed by atoms with Crippen LogP contribution < -0.4 is 5.32 Å². The lowest BCUT2D eigenvalue weighted by molar-refractivity contribution is 0.0664. The zero-order valence-electron chi connectivity index (χ0n) is 9.98. The fourth-order valence-electron chi connectivity index (χ4n) is 2.09. The van der Waals surface area contributed by atoms with Gasteiger partial charge in [0.2, 0.25) is 0 Å². The van der Waals surface area contributed by atoms with Gasteiger partial charge in [0.1, 0.15) is 5.82 Å². The first-order valence-electron chi connectivity index (χ1n) is 6.11. The number of imidazole rings is 1. The molecule has 0 amide bonds. The van der Waals surface area contributed by atoms with E-state index in [1.165, 1.54) is 12.8 Å². The summed E-state index contributed by atoms with van der Waals surface area (Å²) in [4.78, 5) is 4.30. The summed E-state index contributed by atoms with van der Waals surface area (Å²) in [5.74, 6) is 1.95. The first kappa shape index (κ1) is 11.6. The van der Waals surface area contributed by atoms with Crippen molar-refractivity contribution < 1.29 is 4.74 Å². The van der Waals surface area contributed by atoms with Gasteiger partial charge in [-0.15, -0.1) is 0 Å². The molecule has 0 bridgehead atoms. The fourth-order valence-corrected chi connectivity index (χ4v) is 2.09. The Morgan fingerprint density at radius 3 is 3.00 bits per heavy atom. The first-order valence-corrected chi connectivity index (χ1v) is 6.11. The lowest BCUT2D eigenvalue weighted by atomic mass is 10.0. The number of rotatable bonds is 5. The molecule has 0 saturated carbocycles. The molecule has 0 spiro atoms. The Morgan fingerprint density at radius 2 is 2.31 bits per heavy atom. The molecular formula is C12H21N3O. The van der Waals surface area contributed by atoms with Gasteiger partial charge in [-0.05, 0) is 25.3 Å². The molecular weight excluding hydrogens is 202 g/mol. The SMILES string of the molecule is Cn1ccnc1CCNCC1CCOCC1. The van der Waals surface area contributed by atoms with Gasteiger partial charge < -0.3 is 14.6 Å². The molecule has 1 fully saturated rings. The van der Waals surface area contributed by atoms with Crippen LogP contribution in [0.25, 0.3) is 0 Å². The molecule has 1 aromatic rings. The smallest absolute Gasteiger partial charge is 0.109 e. The molecule has 0 unspecified atom stereocenters. The predicted molar refractivity (Wildman–Crippen MR) is 63.3 cm³/mol. The van der Waals surface area contributed by atoms with Crippen molar-refractivity contribution in [3.05, 3.63) is 18.2 Å². The second-order valence-corrected chi connectivity index (χ2v) is 4.46. The third-order valence-electron chi connectivity index (χ3n) is 3.22. The molecule has 16 heavy (non-hydrogen) atoms. The molecule has 2 rings (SSSR count). The van der Waals surface area contributed by atoms with E-state index in [1.54, 1.807) is 0 Å². The topological polar surface area (TPSA) is 39.1 Å². The van der Waals surface area contributed by atoms with Crippen LogP contribution in [-0.2, 0) is 18.2 Å². The molecule has 0 radical (unpaired) electrons. The molecule has 1 aromatic heterocycles. The van der Waals surface area contributed by atoms with Crippen LogP contribution in [-0.4, -0.2) is 35.9 Å². The number of aryl methyl sites for hydroxylation is 1. The van der Waals surface area contributed by atoms with E-state index < -0.39 is 0 Å². The number of nitrogens with one attached hydrogen (secondary N) is 1. The molecule has 4 heteroatoms. The minimum atomic E-state index is 0.801. The van der Waals surface area contributed by atoms with Gasteiger partial charge in [0.25, 0.3) is 0 Å². The summed E-state index contributed by atoms with van der Waals surface area (Å²) < 4.78 is 7.42. The van der Waals surface area contributed by atoms with E-state index in [2.05, 4.69) is 14.9 Å². The number of hydrogen-bond acceptors (Lipinski definition) is 3. The van der Waals surface area contributed by atoms with Gasteiger partial charge in [-0.25, -0.2) is 4.98 Å². The van der Waals surface area contributed by atoms with E-state index in [4.69, 9.17) is 4.74 Å². The Bertz CT molecular complexity index is 305. The third-order valence-corrected chi connectivity index (χ3v) is 3.22. The van der Waals surface area contributed by atoms with Gasteiger partial charge in [0, 0.05) is 45.6 Å². The average molecular weight is 223 g/mol. The Kier molecular flexibility index (Phi) is 4.36. The number of ether oxygens (including phenoxy) is 1. The quantitative estimate of drug-likeness (QED) is 0.756. The summed E-state index contributed by atoms with van der Waals surface area (Å²) in [6, 6.07) is 0. The van der Waals surface area contributed by atoms with Crippen molar-refractivity contribution in [1.29, 1.82) is 0 Å². The summed E-state index contributed by atoms with van der Waals surface area (Å²) in [5, 5.41) is 3.51. The van der Waals surface area contributed by atoms with Crippen molar-refractivity contribution in [3.63, 3.8) is 0 Å². The molecule has 90 valence electrons. The van der Waals surface area contributed by atoms with Crippen LogP contribution in [0.15, 0.2) is 12.4 Å². The Hall–Kier alpha value is -0.870. The highest BCUT2D eigenvalue weighted by Gasteiger charge is 2.12. The average Bonchev–Trinajstić information content (AvgIpc) is 2.72. The zero-order valence-corrected chi connectivity index (χ0v) is 9.98. The third kappa shape index (κ3) is 3.32. The van der Waals surface area contributed by atoms with Crippen LogP contribution in [0.2, 0.25) is 0 Å². The largest absolute Gasteiger partial charge is 0.381 e. The number of nitrogens with zero attached hydrogens (tertiary/aromatic N) is 2. The lowest BCUT2D eigenvalue weighted by Crippen LogP contribution is -2.29. The minimum Gasteiger partial charge on any atom is -0.381 e. The fraction of sp³-hybridized carbons (Fsp3) is 0.750. The zero-order chi connectivity index (χ0) is 11.2. The first-order chi connectivity index (χ1) is 7.86. The van der Waals surface area contributed by atoms with Gasteiger partial charge in [-0.1, -0.05) is 0 Å².